The molecular formula is C24H24N4O5S2. The summed E-state index contributed by atoms with van der Waals surface area (Å²) < 4.78 is 21.4. The molecule has 0 amide bonds. The van der Waals surface area contributed by atoms with Gasteiger partial charge < -0.3 is 30.0 Å². The number of anilines is 3. The molecule has 4 aromatic rings. The van der Waals surface area contributed by atoms with Gasteiger partial charge in [-0.1, -0.05) is 29.5 Å². The third-order valence-electron chi connectivity index (χ3n) is 4.97. The number of carbonyl (C=O) groups is 1. The number of thiazole rings is 2. The second-order valence-corrected chi connectivity index (χ2v) is 8.93. The summed E-state index contributed by atoms with van der Waals surface area (Å²) >= 11 is 2.79. The molecule has 2 aromatic heterocycles. The van der Waals surface area contributed by atoms with Gasteiger partial charge in [0.1, 0.15) is 15.7 Å². The Morgan fingerprint density at radius 2 is 1.77 bits per heavy atom. The average molecular weight is 513 g/mol. The van der Waals surface area contributed by atoms with Crippen LogP contribution in [0.5, 0.6) is 17.2 Å². The number of hydrogen-bond acceptors (Lipinski definition) is 11. The normalized spacial score (nSPS) is 10.6. The van der Waals surface area contributed by atoms with E-state index in [4.69, 9.17) is 29.7 Å². The first-order chi connectivity index (χ1) is 17.0. The van der Waals surface area contributed by atoms with E-state index in [1.165, 1.54) is 22.7 Å². The smallest absolute Gasteiger partial charge is 0.338 e. The number of nitrogen functional groups attached to an aromatic ring is 1. The zero-order valence-corrected chi connectivity index (χ0v) is 21.2. The van der Waals surface area contributed by atoms with Crippen LogP contribution in [0.15, 0.2) is 41.8 Å². The number of hydrogen-bond donors (Lipinski definition) is 2. The van der Waals surface area contributed by atoms with Gasteiger partial charge in [-0.3, -0.25) is 0 Å². The molecule has 9 nitrogen and oxygen atoms in total. The molecule has 11 heteroatoms. The lowest BCUT2D eigenvalue weighted by Crippen LogP contribution is -2.06. The van der Waals surface area contributed by atoms with Crippen molar-refractivity contribution in [2.75, 3.05) is 39.0 Å². The monoisotopic (exact) mass is 512 g/mol. The molecule has 0 radical (unpaired) electrons. The largest absolute Gasteiger partial charge is 0.493 e. The van der Waals surface area contributed by atoms with Crippen molar-refractivity contribution in [1.82, 2.24) is 9.97 Å². The summed E-state index contributed by atoms with van der Waals surface area (Å²) in [6, 6.07) is 10.8. The first-order valence-electron chi connectivity index (χ1n) is 10.5. The van der Waals surface area contributed by atoms with Crippen LogP contribution in [0.4, 0.5) is 16.6 Å². The molecule has 0 aliphatic heterocycles. The number of carbonyl (C=O) groups excluding carboxylic acids is 1. The molecule has 0 saturated carbocycles. The van der Waals surface area contributed by atoms with E-state index in [1.54, 1.807) is 52.5 Å². The quantitative estimate of drug-likeness (QED) is 0.282. The lowest BCUT2D eigenvalue weighted by molar-refractivity contribution is 0.0527. The van der Waals surface area contributed by atoms with Crippen LogP contribution in [-0.4, -0.2) is 43.9 Å². The topological polar surface area (TPSA) is 118 Å². The number of nitrogens with one attached hydrogen (secondary N) is 1. The molecule has 0 bridgehead atoms. The van der Waals surface area contributed by atoms with Crippen molar-refractivity contribution in [3.63, 3.8) is 0 Å². The van der Waals surface area contributed by atoms with Gasteiger partial charge in [-0.25, -0.2) is 14.8 Å². The van der Waals surface area contributed by atoms with Gasteiger partial charge in [-0.15, -0.1) is 11.3 Å². The van der Waals surface area contributed by atoms with Gasteiger partial charge in [0.05, 0.1) is 39.2 Å². The molecule has 2 heterocycles. The fourth-order valence-corrected chi connectivity index (χ4v) is 5.23. The molecule has 0 aliphatic carbocycles. The Labute approximate surface area is 210 Å². The highest BCUT2D eigenvalue weighted by atomic mass is 32.1. The predicted octanol–water partition coefficient (Wildman–Crippen LogP) is 5.46. The lowest BCUT2D eigenvalue weighted by atomic mass is 10.1. The lowest BCUT2D eigenvalue weighted by Gasteiger charge is -2.14. The SMILES string of the molecule is CCOC(=O)c1ccccc1-c1csc(-c2sc(Nc3cc(OC)c(OC)c(OC)c3)nc2N)n1. The van der Waals surface area contributed by atoms with Crippen molar-refractivity contribution in [1.29, 1.82) is 0 Å². The van der Waals surface area contributed by atoms with Gasteiger partial charge in [0.25, 0.3) is 0 Å². The maximum atomic E-state index is 12.4. The molecule has 0 unspecified atom stereocenters. The van der Waals surface area contributed by atoms with Crippen LogP contribution in [0.3, 0.4) is 0 Å². The minimum absolute atomic E-state index is 0.300. The highest BCUT2D eigenvalue weighted by molar-refractivity contribution is 7.23. The molecule has 4 rings (SSSR count). The molecule has 35 heavy (non-hydrogen) atoms. The highest BCUT2D eigenvalue weighted by Gasteiger charge is 2.20. The van der Waals surface area contributed by atoms with Crippen LogP contribution in [0.25, 0.3) is 21.1 Å². The van der Waals surface area contributed by atoms with Crippen molar-refractivity contribution in [2.45, 2.75) is 6.92 Å². The molecule has 2 aromatic carbocycles. The van der Waals surface area contributed by atoms with E-state index in [0.717, 1.165) is 4.88 Å². The van der Waals surface area contributed by atoms with E-state index < -0.39 is 0 Å². The van der Waals surface area contributed by atoms with E-state index in [-0.39, 0.29) is 5.97 Å². The molecule has 3 N–H and O–H groups in total. The molecule has 0 saturated heterocycles. The van der Waals surface area contributed by atoms with Crippen LogP contribution in [-0.2, 0) is 4.74 Å². The molecule has 182 valence electrons. The summed E-state index contributed by atoms with van der Waals surface area (Å²) in [4.78, 5) is 22.3. The Hall–Kier alpha value is -3.83. The number of benzene rings is 2. The van der Waals surface area contributed by atoms with E-state index in [1.807, 2.05) is 17.5 Å². The zero-order chi connectivity index (χ0) is 24.9. The number of aromatic nitrogens is 2. The van der Waals surface area contributed by atoms with Gasteiger partial charge in [-0.2, -0.15) is 0 Å². The van der Waals surface area contributed by atoms with Gasteiger partial charge in [0.15, 0.2) is 16.6 Å². The van der Waals surface area contributed by atoms with Crippen molar-refractivity contribution in [3.05, 3.63) is 47.3 Å². The number of methoxy groups -OCH3 is 3. The van der Waals surface area contributed by atoms with Crippen LogP contribution < -0.4 is 25.3 Å². The third kappa shape index (κ3) is 5.00. The van der Waals surface area contributed by atoms with Gasteiger partial charge in [0.2, 0.25) is 5.75 Å². The highest BCUT2D eigenvalue weighted by Crippen LogP contribution is 2.43. The number of nitrogens with zero attached hydrogens (tertiary/aromatic N) is 2. The summed E-state index contributed by atoms with van der Waals surface area (Å²) in [5.74, 6) is 1.50. The maximum absolute atomic E-state index is 12.4. The van der Waals surface area contributed by atoms with Gasteiger partial charge in [0, 0.05) is 28.8 Å². The van der Waals surface area contributed by atoms with E-state index >= 15 is 0 Å². The van der Waals surface area contributed by atoms with Crippen molar-refractivity contribution in [3.8, 4) is 38.4 Å². The van der Waals surface area contributed by atoms with E-state index in [2.05, 4.69) is 10.3 Å². The average Bonchev–Trinajstić information content (AvgIpc) is 3.50. The van der Waals surface area contributed by atoms with E-state index in [0.29, 0.717) is 62.3 Å². The number of esters is 1. The summed E-state index contributed by atoms with van der Waals surface area (Å²) in [5, 5.41) is 6.41. The van der Waals surface area contributed by atoms with Gasteiger partial charge in [-0.05, 0) is 13.0 Å². The summed E-state index contributed by atoms with van der Waals surface area (Å²) in [6.07, 6.45) is 0. The minimum Gasteiger partial charge on any atom is -0.493 e. The van der Waals surface area contributed by atoms with Crippen molar-refractivity contribution >= 4 is 45.3 Å². The van der Waals surface area contributed by atoms with Crippen molar-refractivity contribution in [2.24, 2.45) is 0 Å². The Kier molecular flexibility index (Phi) is 7.37. The second kappa shape index (κ2) is 10.6. The van der Waals surface area contributed by atoms with Crippen LogP contribution in [0, 0.1) is 0 Å². The number of rotatable bonds is 9. The minimum atomic E-state index is -0.383. The fourth-order valence-electron chi connectivity index (χ4n) is 3.41. The Morgan fingerprint density at radius 1 is 1.06 bits per heavy atom. The molecule has 0 fully saturated rings. The summed E-state index contributed by atoms with van der Waals surface area (Å²) in [5.41, 5.74) is 8.76. The third-order valence-corrected chi connectivity index (χ3v) is 6.95. The predicted molar refractivity (Wildman–Crippen MR) is 138 cm³/mol. The molecule has 0 spiro atoms. The molecule has 0 aliphatic rings. The maximum Gasteiger partial charge on any atom is 0.338 e. The van der Waals surface area contributed by atoms with Crippen molar-refractivity contribution < 1.29 is 23.7 Å². The Bertz CT molecular complexity index is 1330. The summed E-state index contributed by atoms with van der Waals surface area (Å²) in [6.45, 7) is 2.08. The zero-order valence-electron chi connectivity index (χ0n) is 19.6. The number of ether oxygens (including phenoxy) is 4. The first-order valence-corrected chi connectivity index (χ1v) is 12.2. The Balaban J connectivity index is 1.63. The molecule has 0 atom stereocenters. The van der Waals surface area contributed by atoms with Gasteiger partial charge >= 0.3 is 5.97 Å². The first kappa shape index (κ1) is 24.3. The standard InChI is InChI=1S/C24H24N4O5S2/c1-5-33-23(29)15-9-7-6-8-14(15)16-12-34-22(27-16)20-21(25)28-24(35-20)26-13-10-17(30-2)19(32-4)18(11-13)31-3/h6-12H,5,25H2,1-4H3,(H,26,28). The van der Waals surface area contributed by atoms with Crippen LogP contribution >= 0.6 is 22.7 Å². The van der Waals surface area contributed by atoms with Crippen LogP contribution in [0.1, 0.15) is 17.3 Å². The van der Waals surface area contributed by atoms with Crippen LogP contribution in [0.2, 0.25) is 0 Å². The second-order valence-electron chi connectivity index (χ2n) is 7.08. The Morgan fingerprint density at radius 3 is 2.43 bits per heavy atom. The van der Waals surface area contributed by atoms with E-state index in [9.17, 15) is 4.79 Å². The molecular weight excluding hydrogens is 488 g/mol. The number of nitrogens with two attached hydrogens (primary N) is 1. The summed E-state index contributed by atoms with van der Waals surface area (Å²) in [7, 11) is 4.66. The fraction of sp³-hybridized carbons (Fsp3) is 0.208.